The molecule has 0 saturated heterocycles. The van der Waals surface area contributed by atoms with Gasteiger partial charge in [0.25, 0.3) is 0 Å². The minimum absolute atomic E-state index is 0.437. The zero-order valence-corrected chi connectivity index (χ0v) is 12.5. The molecule has 0 aromatic heterocycles. The molecule has 2 rings (SSSR count). The summed E-state index contributed by atoms with van der Waals surface area (Å²) in [6.45, 7) is 12.1. The Kier molecular flexibility index (Phi) is 2.95. The highest BCUT2D eigenvalue weighted by Crippen LogP contribution is 2.67. The second-order valence-corrected chi connectivity index (χ2v) is 12.1. The van der Waals surface area contributed by atoms with E-state index >= 15 is 0 Å². The topological polar surface area (TPSA) is 0 Å². The maximum atomic E-state index is 3.50. The molecule has 0 bridgehead atoms. The quantitative estimate of drug-likeness (QED) is 0.506. The van der Waals surface area contributed by atoms with Crippen molar-refractivity contribution in [2.45, 2.75) is 39.0 Å². The van der Waals surface area contributed by atoms with Crippen LogP contribution in [0.3, 0.4) is 0 Å². The molecule has 0 heterocycles. The van der Waals surface area contributed by atoms with Crippen molar-refractivity contribution in [1.82, 2.24) is 0 Å². The van der Waals surface area contributed by atoms with Gasteiger partial charge >= 0.3 is 0 Å². The second kappa shape index (κ2) is 4.03. The van der Waals surface area contributed by atoms with Gasteiger partial charge in [0.15, 0.2) is 0 Å². The maximum absolute atomic E-state index is 3.50. The van der Waals surface area contributed by atoms with E-state index in [-0.39, 0.29) is 0 Å². The Balaban J connectivity index is 2.15. The predicted octanol–water partition coefficient (Wildman–Crippen LogP) is 4.40. The second-order valence-electron chi connectivity index (χ2n) is 6.78. The van der Waals surface area contributed by atoms with E-state index in [0.717, 1.165) is 11.1 Å². The standard InChI is InChI=1S/C16H22Si/c1-16(2)14(15(16)17(3,4)5)12-11-13-9-7-6-8-10-13/h6-10,14-15H,1-5H3/t14?,15-/m1/s1. The third-order valence-corrected chi connectivity index (χ3v) is 6.85. The molecule has 1 aliphatic carbocycles. The molecular formula is C16H22Si. The summed E-state index contributed by atoms with van der Waals surface area (Å²) >= 11 is 0. The van der Waals surface area contributed by atoms with Gasteiger partial charge in [0, 0.05) is 19.6 Å². The van der Waals surface area contributed by atoms with Gasteiger partial charge in [0.2, 0.25) is 0 Å². The van der Waals surface area contributed by atoms with Crippen LogP contribution in [0.5, 0.6) is 0 Å². The fourth-order valence-electron chi connectivity index (χ4n) is 3.21. The summed E-state index contributed by atoms with van der Waals surface area (Å²) in [5.74, 6) is 7.45. The highest BCUT2D eigenvalue weighted by Gasteiger charge is 2.62. The SMILES string of the molecule is CC1(C)C(C#Cc2ccccc2)[C@H]1[Si](C)(C)C. The lowest BCUT2D eigenvalue weighted by Gasteiger charge is -2.17. The summed E-state index contributed by atoms with van der Waals surface area (Å²) in [5.41, 5.74) is 2.43. The van der Waals surface area contributed by atoms with Gasteiger partial charge in [-0.15, -0.1) is 0 Å². The molecule has 0 spiro atoms. The van der Waals surface area contributed by atoms with Gasteiger partial charge in [-0.3, -0.25) is 0 Å². The number of hydrogen-bond donors (Lipinski definition) is 0. The number of benzene rings is 1. The molecular weight excluding hydrogens is 220 g/mol. The Morgan fingerprint density at radius 1 is 1.06 bits per heavy atom. The molecule has 2 atom stereocenters. The molecule has 1 aromatic carbocycles. The van der Waals surface area contributed by atoms with Gasteiger partial charge in [-0.2, -0.15) is 0 Å². The van der Waals surface area contributed by atoms with Crippen LogP contribution in [0, 0.1) is 23.2 Å². The molecule has 1 saturated carbocycles. The van der Waals surface area contributed by atoms with Crippen LogP contribution in [0.2, 0.25) is 25.2 Å². The zero-order valence-electron chi connectivity index (χ0n) is 11.5. The summed E-state index contributed by atoms with van der Waals surface area (Å²) in [7, 11) is -1.06. The van der Waals surface area contributed by atoms with Crippen LogP contribution in [-0.2, 0) is 0 Å². The smallest absolute Gasteiger partial charge is 0.0494 e. The lowest BCUT2D eigenvalue weighted by atomic mass is 10.1. The Hall–Kier alpha value is -1.00. The lowest BCUT2D eigenvalue weighted by Crippen LogP contribution is -2.22. The van der Waals surface area contributed by atoms with E-state index in [4.69, 9.17) is 0 Å². The predicted molar refractivity (Wildman–Crippen MR) is 77.7 cm³/mol. The third-order valence-electron chi connectivity index (χ3n) is 3.91. The first-order valence-corrected chi connectivity index (χ1v) is 9.98. The monoisotopic (exact) mass is 242 g/mol. The van der Waals surface area contributed by atoms with Crippen LogP contribution < -0.4 is 0 Å². The van der Waals surface area contributed by atoms with E-state index in [9.17, 15) is 0 Å². The Morgan fingerprint density at radius 3 is 2.12 bits per heavy atom. The average Bonchev–Trinajstić information content (AvgIpc) is 2.79. The van der Waals surface area contributed by atoms with Crippen LogP contribution in [0.15, 0.2) is 30.3 Å². The molecule has 1 aliphatic rings. The van der Waals surface area contributed by atoms with Crippen LogP contribution in [0.1, 0.15) is 19.4 Å². The van der Waals surface area contributed by atoms with Crippen molar-refractivity contribution in [3.05, 3.63) is 35.9 Å². The molecule has 0 N–H and O–H groups in total. The Bertz CT molecular complexity index is 454. The van der Waals surface area contributed by atoms with Gasteiger partial charge in [-0.05, 0) is 23.1 Å². The fraction of sp³-hybridized carbons (Fsp3) is 0.500. The van der Waals surface area contributed by atoms with Crippen molar-refractivity contribution >= 4 is 8.07 Å². The summed E-state index contributed by atoms with van der Waals surface area (Å²) in [6.07, 6.45) is 0. The molecule has 1 fully saturated rings. The lowest BCUT2D eigenvalue weighted by molar-refractivity contribution is 0.613. The van der Waals surface area contributed by atoms with Crippen LogP contribution in [-0.4, -0.2) is 8.07 Å². The average molecular weight is 242 g/mol. The van der Waals surface area contributed by atoms with Crippen molar-refractivity contribution in [3.8, 4) is 11.8 Å². The van der Waals surface area contributed by atoms with Crippen molar-refractivity contribution in [1.29, 1.82) is 0 Å². The molecule has 90 valence electrons. The molecule has 1 aromatic rings. The Morgan fingerprint density at radius 2 is 1.65 bits per heavy atom. The highest BCUT2D eigenvalue weighted by atomic mass is 28.3. The van der Waals surface area contributed by atoms with Gasteiger partial charge < -0.3 is 0 Å². The van der Waals surface area contributed by atoms with Gasteiger partial charge in [0.1, 0.15) is 0 Å². The van der Waals surface area contributed by atoms with E-state index in [1.54, 1.807) is 0 Å². The molecule has 0 amide bonds. The van der Waals surface area contributed by atoms with Gasteiger partial charge in [-0.1, -0.05) is 63.5 Å². The minimum Gasteiger partial charge on any atom is -0.0939 e. The fourth-order valence-corrected chi connectivity index (χ4v) is 7.03. The molecule has 1 unspecified atom stereocenters. The molecule has 0 radical (unpaired) electrons. The van der Waals surface area contributed by atoms with Crippen LogP contribution in [0.4, 0.5) is 0 Å². The molecule has 1 heteroatoms. The molecule has 0 aliphatic heterocycles. The largest absolute Gasteiger partial charge is 0.0939 e. The zero-order chi connectivity index (χ0) is 12.7. The van der Waals surface area contributed by atoms with Crippen molar-refractivity contribution in [2.75, 3.05) is 0 Å². The Labute approximate surface area is 106 Å². The summed E-state index contributed by atoms with van der Waals surface area (Å²) in [6, 6.07) is 10.3. The number of hydrogen-bond acceptors (Lipinski definition) is 0. The van der Waals surface area contributed by atoms with Gasteiger partial charge in [0.05, 0.1) is 0 Å². The van der Waals surface area contributed by atoms with Crippen LogP contribution >= 0.6 is 0 Å². The molecule has 17 heavy (non-hydrogen) atoms. The molecule has 0 nitrogen and oxygen atoms in total. The van der Waals surface area contributed by atoms with Crippen molar-refractivity contribution < 1.29 is 0 Å². The highest BCUT2D eigenvalue weighted by molar-refractivity contribution is 6.78. The van der Waals surface area contributed by atoms with Crippen molar-refractivity contribution in [3.63, 3.8) is 0 Å². The first-order valence-electron chi connectivity index (χ1n) is 6.40. The number of rotatable bonds is 1. The van der Waals surface area contributed by atoms with Crippen LogP contribution in [0.25, 0.3) is 0 Å². The van der Waals surface area contributed by atoms with E-state index < -0.39 is 8.07 Å². The minimum atomic E-state index is -1.06. The normalized spacial score (nSPS) is 25.9. The summed E-state index contributed by atoms with van der Waals surface area (Å²) in [5, 5.41) is 0. The summed E-state index contributed by atoms with van der Waals surface area (Å²) < 4.78 is 0. The maximum Gasteiger partial charge on any atom is 0.0494 e. The van der Waals surface area contributed by atoms with E-state index in [0.29, 0.717) is 11.3 Å². The first-order chi connectivity index (χ1) is 7.83. The van der Waals surface area contributed by atoms with E-state index in [2.05, 4.69) is 69.6 Å². The first kappa shape index (κ1) is 12.5. The summed E-state index contributed by atoms with van der Waals surface area (Å²) in [4.78, 5) is 0. The van der Waals surface area contributed by atoms with Gasteiger partial charge in [-0.25, -0.2) is 0 Å². The van der Waals surface area contributed by atoms with E-state index in [1.807, 2.05) is 6.07 Å². The van der Waals surface area contributed by atoms with Crippen molar-refractivity contribution in [2.24, 2.45) is 11.3 Å². The third kappa shape index (κ3) is 2.47. The van der Waals surface area contributed by atoms with E-state index in [1.165, 1.54) is 0 Å².